The van der Waals surface area contributed by atoms with Crippen LogP contribution in [-0.2, 0) is 14.3 Å². The molecule has 0 heterocycles. The van der Waals surface area contributed by atoms with Crippen molar-refractivity contribution in [3.05, 3.63) is 29.8 Å². The lowest BCUT2D eigenvalue weighted by atomic mass is 10.2. The van der Waals surface area contributed by atoms with Gasteiger partial charge in [0.1, 0.15) is 0 Å². The molecule has 0 atom stereocenters. The molecule has 4 nitrogen and oxygen atoms in total. The van der Waals surface area contributed by atoms with E-state index in [1.165, 1.54) is 19.1 Å². The maximum absolute atomic E-state index is 11.9. The van der Waals surface area contributed by atoms with Crippen molar-refractivity contribution in [2.45, 2.75) is 18.0 Å². The van der Waals surface area contributed by atoms with Gasteiger partial charge in [-0.05, 0) is 19.1 Å². The zero-order valence-corrected chi connectivity index (χ0v) is 10.0. The number of Topliss-reactive ketones (excluding diaryl/α,β-unsaturated/α-hetero) is 1. The summed E-state index contributed by atoms with van der Waals surface area (Å²) in [6.07, 6.45) is -4.74. The van der Waals surface area contributed by atoms with E-state index in [1.54, 1.807) is 0 Å². The van der Waals surface area contributed by atoms with Crippen LogP contribution in [0.25, 0.3) is 0 Å². The van der Waals surface area contributed by atoms with Crippen molar-refractivity contribution in [2.24, 2.45) is 0 Å². The summed E-state index contributed by atoms with van der Waals surface area (Å²) >= 11 is 0. The topological polar surface area (TPSA) is 60.4 Å². The van der Waals surface area contributed by atoms with Gasteiger partial charge in [-0.2, -0.15) is 21.6 Å². The molecule has 0 saturated heterocycles. The summed E-state index contributed by atoms with van der Waals surface area (Å²) in [6.45, 7) is -0.693. The molecule has 0 N–H and O–H groups in total. The minimum absolute atomic E-state index is 0.0756. The van der Waals surface area contributed by atoms with Crippen molar-refractivity contribution in [3.8, 4) is 0 Å². The first-order valence-electron chi connectivity index (χ1n) is 4.69. The van der Waals surface area contributed by atoms with Gasteiger partial charge in [0.15, 0.2) is 12.4 Å². The first-order valence-corrected chi connectivity index (χ1v) is 6.10. The third-order valence-electron chi connectivity index (χ3n) is 1.91. The van der Waals surface area contributed by atoms with Crippen molar-refractivity contribution >= 4 is 15.9 Å². The fraction of sp³-hybridized carbons (Fsp3) is 0.300. The summed E-state index contributed by atoms with van der Waals surface area (Å²) in [5.41, 5.74) is 0.0756. The Morgan fingerprint density at radius 2 is 1.94 bits per heavy atom. The summed E-state index contributed by atoms with van der Waals surface area (Å²) in [6, 6.07) is 4.62. The SMILES string of the molecule is CC(=O)c1cccc(S(=O)(=O)OCC(F)(F)F)c1. The number of rotatable bonds is 4. The summed E-state index contributed by atoms with van der Waals surface area (Å²) in [7, 11) is -4.52. The quantitative estimate of drug-likeness (QED) is 0.627. The van der Waals surface area contributed by atoms with Gasteiger partial charge in [0.25, 0.3) is 10.1 Å². The van der Waals surface area contributed by atoms with E-state index in [2.05, 4.69) is 4.18 Å². The molecule has 0 fully saturated rings. The van der Waals surface area contributed by atoms with Gasteiger partial charge in [-0.3, -0.25) is 8.98 Å². The molecule has 100 valence electrons. The Hall–Kier alpha value is -1.41. The smallest absolute Gasteiger partial charge is 0.295 e. The Morgan fingerprint density at radius 3 is 2.44 bits per heavy atom. The number of benzene rings is 1. The Bertz CT molecular complexity index is 548. The van der Waals surface area contributed by atoms with Gasteiger partial charge in [-0.25, -0.2) is 0 Å². The van der Waals surface area contributed by atoms with Gasteiger partial charge in [-0.1, -0.05) is 12.1 Å². The molecule has 0 unspecified atom stereocenters. The van der Waals surface area contributed by atoms with Crippen molar-refractivity contribution < 1.29 is 30.6 Å². The molecule has 0 aliphatic heterocycles. The second kappa shape index (κ2) is 5.07. The summed E-state index contributed by atoms with van der Waals surface area (Å²) in [4.78, 5) is 10.5. The van der Waals surface area contributed by atoms with E-state index in [1.807, 2.05) is 0 Å². The molecule has 18 heavy (non-hydrogen) atoms. The number of carbonyl (C=O) groups excluding carboxylic acids is 1. The maximum Gasteiger partial charge on any atom is 0.413 e. The van der Waals surface area contributed by atoms with Crippen LogP contribution < -0.4 is 0 Å². The van der Waals surface area contributed by atoms with E-state index in [4.69, 9.17) is 0 Å². The molecule has 0 aliphatic carbocycles. The largest absolute Gasteiger partial charge is 0.413 e. The predicted molar refractivity (Wildman–Crippen MR) is 55.6 cm³/mol. The normalized spacial score (nSPS) is 12.4. The first kappa shape index (κ1) is 14.7. The number of ketones is 1. The zero-order valence-electron chi connectivity index (χ0n) is 9.19. The lowest BCUT2D eigenvalue weighted by Crippen LogP contribution is -2.20. The number of carbonyl (C=O) groups is 1. The van der Waals surface area contributed by atoms with Crippen molar-refractivity contribution in [1.29, 1.82) is 0 Å². The van der Waals surface area contributed by atoms with Gasteiger partial charge in [0.05, 0.1) is 4.90 Å². The van der Waals surface area contributed by atoms with Crippen molar-refractivity contribution in [2.75, 3.05) is 6.61 Å². The van der Waals surface area contributed by atoms with E-state index in [9.17, 15) is 26.4 Å². The average Bonchev–Trinajstić information content (AvgIpc) is 2.26. The molecule has 0 saturated carbocycles. The molecule has 0 aromatic heterocycles. The van der Waals surface area contributed by atoms with Gasteiger partial charge in [0.2, 0.25) is 0 Å². The van der Waals surface area contributed by atoms with Crippen LogP contribution in [0.1, 0.15) is 17.3 Å². The fourth-order valence-corrected chi connectivity index (χ4v) is 2.02. The van der Waals surface area contributed by atoms with Crippen LogP contribution in [0.5, 0.6) is 0 Å². The third kappa shape index (κ3) is 4.11. The highest BCUT2D eigenvalue weighted by molar-refractivity contribution is 7.86. The molecule has 0 amide bonds. The molecular formula is C10H9F3O4S. The highest BCUT2D eigenvalue weighted by Crippen LogP contribution is 2.20. The molecule has 8 heteroatoms. The molecule has 0 bridgehead atoms. The van der Waals surface area contributed by atoms with E-state index < -0.39 is 33.6 Å². The molecule has 0 spiro atoms. The maximum atomic E-state index is 11.9. The van der Waals surface area contributed by atoms with E-state index in [-0.39, 0.29) is 5.56 Å². The van der Waals surface area contributed by atoms with Crippen LogP contribution in [0.2, 0.25) is 0 Å². The second-order valence-electron chi connectivity index (χ2n) is 3.42. The minimum Gasteiger partial charge on any atom is -0.295 e. The number of alkyl halides is 3. The van der Waals surface area contributed by atoms with Gasteiger partial charge in [0, 0.05) is 5.56 Å². The summed E-state index contributed by atoms with van der Waals surface area (Å²) in [5, 5.41) is 0. The van der Waals surface area contributed by atoms with Crippen LogP contribution in [0, 0.1) is 0 Å². The standard InChI is InChI=1S/C10H9F3O4S/c1-7(14)8-3-2-4-9(5-8)18(15,16)17-6-10(11,12)13/h2-5H,6H2,1H3. The monoisotopic (exact) mass is 282 g/mol. The predicted octanol–water partition coefficient (Wildman–Crippen LogP) is 2.16. The van der Waals surface area contributed by atoms with Crippen LogP contribution in [0.15, 0.2) is 29.2 Å². The molecule has 1 rings (SSSR count). The highest BCUT2D eigenvalue weighted by atomic mass is 32.2. The van der Waals surface area contributed by atoms with Gasteiger partial charge in [-0.15, -0.1) is 0 Å². The third-order valence-corrected chi connectivity index (χ3v) is 3.17. The molecule has 1 aromatic carbocycles. The zero-order chi connectivity index (χ0) is 14.0. The number of halogens is 3. The van der Waals surface area contributed by atoms with Crippen LogP contribution in [0.4, 0.5) is 13.2 Å². The Labute approximate surface area is 101 Å². The average molecular weight is 282 g/mol. The van der Waals surface area contributed by atoms with Crippen molar-refractivity contribution in [1.82, 2.24) is 0 Å². The number of hydrogen-bond acceptors (Lipinski definition) is 4. The first-order chi connectivity index (χ1) is 8.12. The van der Waals surface area contributed by atoms with E-state index >= 15 is 0 Å². The summed E-state index contributed by atoms with van der Waals surface area (Å²) in [5.74, 6) is -0.400. The fourth-order valence-electron chi connectivity index (χ4n) is 1.08. The van der Waals surface area contributed by atoms with Crippen molar-refractivity contribution in [3.63, 3.8) is 0 Å². The lowest BCUT2D eigenvalue weighted by Gasteiger charge is -2.08. The van der Waals surface area contributed by atoms with Gasteiger partial charge < -0.3 is 0 Å². The molecular weight excluding hydrogens is 273 g/mol. The Balaban J connectivity index is 2.99. The second-order valence-corrected chi connectivity index (χ2v) is 5.03. The van der Waals surface area contributed by atoms with Gasteiger partial charge >= 0.3 is 6.18 Å². The Kier molecular flexibility index (Phi) is 4.12. The molecule has 0 aliphatic rings. The van der Waals surface area contributed by atoms with E-state index in [0.29, 0.717) is 0 Å². The minimum atomic E-state index is -4.74. The van der Waals surface area contributed by atoms with Crippen LogP contribution >= 0.6 is 0 Å². The lowest BCUT2D eigenvalue weighted by molar-refractivity contribution is -0.152. The summed E-state index contributed by atoms with van der Waals surface area (Å²) < 4.78 is 62.3. The van der Waals surface area contributed by atoms with Crippen LogP contribution in [0.3, 0.4) is 0 Å². The van der Waals surface area contributed by atoms with Crippen LogP contribution in [-0.4, -0.2) is 27.0 Å². The Morgan fingerprint density at radius 1 is 1.33 bits per heavy atom. The van der Waals surface area contributed by atoms with E-state index in [0.717, 1.165) is 12.1 Å². The molecule has 1 aromatic rings. The number of hydrogen-bond donors (Lipinski definition) is 0. The molecule has 0 radical (unpaired) electrons. The highest BCUT2D eigenvalue weighted by Gasteiger charge is 2.31.